The molecule has 1 N–H and O–H groups in total. The van der Waals surface area contributed by atoms with Crippen LogP contribution in [0.3, 0.4) is 0 Å². The molecule has 0 bridgehead atoms. The second-order valence-electron chi connectivity index (χ2n) is 6.61. The summed E-state index contributed by atoms with van der Waals surface area (Å²) < 4.78 is 5.35. The first-order chi connectivity index (χ1) is 12.1. The van der Waals surface area contributed by atoms with E-state index in [2.05, 4.69) is 22.2 Å². The molecule has 1 aromatic carbocycles. The Hall–Kier alpha value is -2.63. The van der Waals surface area contributed by atoms with Gasteiger partial charge in [-0.2, -0.15) is 0 Å². The van der Waals surface area contributed by atoms with Crippen LogP contribution in [-0.2, 0) is 0 Å². The highest BCUT2D eigenvalue weighted by atomic mass is 16.5. The molecule has 132 valence electrons. The number of piperidine rings is 1. The molecule has 1 aliphatic heterocycles. The maximum absolute atomic E-state index is 12.5. The summed E-state index contributed by atoms with van der Waals surface area (Å²) in [4.78, 5) is 23.0. The summed E-state index contributed by atoms with van der Waals surface area (Å²) >= 11 is 0. The fourth-order valence-electron chi connectivity index (χ4n) is 3.10. The van der Waals surface area contributed by atoms with Gasteiger partial charge in [-0.1, -0.05) is 13.0 Å². The molecule has 1 fully saturated rings. The van der Waals surface area contributed by atoms with Crippen LogP contribution < -0.4 is 10.1 Å². The van der Waals surface area contributed by atoms with Gasteiger partial charge in [0.25, 0.3) is 5.91 Å². The summed E-state index contributed by atoms with van der Waals surface area (Å²) in [6, 6.07) is 5.87. The summed E-state index contributed by atoms with van der Waals surface area (Å²) in [7, 11) is 1.63. The van der Waals surface area contributed by atoms with Crippen molar-refractivity contribution in [2.24, 2.45) is 5.92 Å². The number of likely N-dealkylation sites (tertiary alicyclic amines) is 1. The average Bonchev–Trinajstić information content (AvgIpc) is 2.62. The molecule has 6 heteroatoms. The highest BCUT2D eigenvalue weighted by Gasteiger charge is 2.23. The fraction of sp³-hybridized carbons (Fsp3) is 0.421. The first kappa shape index (κ1) is 17.2. The number of aromatic nitrogens is 2. The molecule has 25 heavy (non-hydrogen) atoms. The minimum absolute atomic E-state index is 0.0428. The van der Waals surface area contributed by atoms with Gasteiger partial charge in [0.05, 0.1) is 25.2 Å². The zero-order valence-electron chi connectivity index (χ0n) is 15.0. The lowest BCUT2D eigenvalue weighted by Gasteiger charge is -2.30. The van der Waals surface area contributed by atoms with Crippen molar-refractivity contribution in [1.82, 2.24) is 14.9 Å². The number of ether oxygens (including phenoxy) is 1. The van der Waals surface area contributed by atoms with E-state index in [-0.39, 0.29) is 5.91 Å². The Morgan fingerprint density at radius 3 is 2.84 bits per heavy atom. The Labute approximate surface area is 148 Å². The summed E-state index contributed by atoms with van der Waals surface area (Å²) in [5, 5.41) is 3.19. The molecular weight excluding hydrogens is 316 g/mol. The maximum Gasteiger partial charge on any atom is 0.274 e. The summed E-state index contributed by atoms with van der Waals surface area (Å²) in [5.74, 6) is 1.81. The molecule has 1 aromatic heterocycles. The molecular formula is C19H24N4O2. The first-order valence-electron chi connectivity index (χ1n) is 8.60. The van der Waals surface area contributed by atoms with E-state index in [1.54, 1.807) is 13.3 Å². The lowest BCUT2D eigenvalue weighted by atomic mass is 10.0. The Morgan fingerprint density at radius 1 is 1.32 bits per heavy atom. The van der Waals surface area contributed by atoms with Crippen molar-refractivity contribution < 1.29 is 9.53 Å². The van der Waals surface area contributed by atoms with E-state index in [1.165, 1.54) is 12.6 Å². The van der Waals surface area contributed by atoms with Gasteiger partial charge in [-0.15, -0.1) is 0 Å². The molecule has 1 unspecified atom stereocenters. The zero-order valence-corrected chi connectivity index (χ0v) is 15.0. The minimum Gasteiger partial charge on any atom is -0.495 e. The zero-order chi connectivity index (χ0) is 17.8. The predicted octanol–water partition coefficient (Wildman–Crippen LogP) is 3.41. The van der Waals surface area contributed by atoms with Gasteiger partial charge in [0.1, 0.15) is 17.3 Å². The molecule has 1 saturated heterocycles. The van der Waals surface area contributed by atoms with Crippen LogP contribution in [0.25, 0.3) is 0 Å². The Balaban J connectivity index is 1.72. The topological polar surface area (TPSA) is 67.3 Å². The lowest BCUT2D eigenvalue weighted by molar-refractivity contribution is 0.0676. The second kappa shape index (κ2) is 7.51. The number of hydrogen-bond acceptors (Lipinski definition) is 5. The van der Waals surface area contributed by atoms with Gasteiger partial charge in [0, 0.05) is 13.1 Å². The van der Waals surface area contributed by atoms with Crippen LogP contribution in [0.5, 0.6) is 5.75 Å². The first-order valence-corrected chi connectivity index (χ1v) is 8.60. The molecule has 3 rings (SSSR count). The molecule has 6 nitrogen and oxygen atoms in total. The number of nitrogens with one attached hydrogen (secondary N) is 1. The number of anilines is 2. The van der Waals surface area contributed by atoms with Crippen LogP contribution in [0.1, 0.15) is 35.8 Å². The largest absolute Gasteiger partial charge is 0.495 e. The van der Waals surface area contributed by atoms with Crippen molar-refractivity contribution in [2.45, 2.75) is 26.7 Å². The highest BCUT2D eigenvalue weighted by Crippen LogP contribution is 2.27. The number of methoxy groups -OCH3 is 1. The van der Waals surface area contributed by atoms with Crippen LogP contribution in [-0.4, -0.2) is 41.0 Å². The van der Waals surface area contributed by atoms with Crippen molar-refractivity contribution in [1.29, 1.82) is 0 Å². The van der Waals surface area contributed by atoms with E-state index in [0.717, 1.165) is 36.5 Å². The molecule has 0 saturated carbocycles. The van der Waals surface area contributed by atoms with Gasteiger partial charge in [0.2, 0.25) is 0 Å². The van der Waals surface area contributed by atoms with Gasteiger partial charge in [-0.25, -0.2) is 9.97 Å². The quantitative estimate of drug-likeness (QED) is 0.924. The van der Waals surface area contributed by atoms with Gasteiger partial charge < -0.3 is 15.0 Å². The third-order valence-corrected chi connectivity index (χ3v) is 4.43. The van der Waals surface area contributed by atoms with E-state index in [9.17, 15) is 4.79 Å². The monoisotopic (exact) mass is 340 g/mol. The van der Waals surface area contributed by atoms with E-state index in [1.807, 2.05) is 30.0 Å². The van der Waals surface area contributed by atoms with Gasteiger partial charge in [-0.05, 0) is 43.4 Å². The van der Waals surface area contributed by atoms with E-state index in [0.29, 0.717) is 17.4 Å². The number of rotatable bonds is 4. The van der Waals surface area contributed by atoms with Crippen LogP contribution in [0.15, 0.2) is 30.6 Å². The van der Waals surface area contributed by atoms with E-state index < -0.39 is 0 Å². The Kier molecular flexibility index (Phi) is 5.16. The van der Waals surface area contributed by atoms with Crippen LogP contribution in [0.2, 0.25) is 0 Å². The number of carbonyl (C=O) groups is 1. The number of benzene rings is 1. The normalized spacial score (nSPS) is 17.2. The number of carbonyl (C=O) groups excluding carboxylic acids is 1. The van der Waals surface area contributed by atoms with Crippen molar-refractivity contribution in [3.63, 3.8) is 0 Å². The third-order valence-electron chi connectivity index (χ3n) is 4.43. The highest BCUT2D eigenvalue weighted by molar-refractivity contribution is 5.92. The van der Waals surface area contributed by atoms with E-state index in [4.69, 9.17) is 4.74 Å². The second-order valence-corrected chi connectivity index (χ2v) is 6.61. The fourth-order valence-corrected chi connectivity index (χ4v) is 3.10. The Bertz CT molecular complexity index is 746. The predicted molar refractivity (Wildman–Crippen MR) is 97.3 cm³/mol. The summed E-state index contributed by atoms with van der Waals surface area (Å²) in [6.45, 7) is 5.78. The van der Waals surface area contributed by atoms with Gasteiger partial charge in [-0.3, -0.25) is 4.79 Å². The molecule has 0 radical (unpaired) electrons. The lowest BCUT2D eigenvalue weighted by Crippen LogP contribution is -2.39. The van der Waals surface area contributed by atoms with E-state index >= 15 is 0 Å². The van der Waals surface area contributed by atoms with Crippen molar-refractivity contribution in [3.05, 3.63) is 41.9 Å². The SMILES string of the molecule is COc1ccc(C)cc1Nc1cnc(C(=O)N2CCCC(C)C2)cn1. The maximum atomic E-state index is 12.5. The van der Waals surface area contributed by atoms with Gasteiger partial charge in [0.15, 0.2) is 0 Å². The van der Waals surface area contributed by atoms with Crippen molar-refractivity contribution in [3.8, 4) is 5.75 Å². The van der Waals surface area contributed by atoms with Gasteiger partial charge >= 0.3 is 0 Å². The van der Waals surface area contributed by atoms with Crippen molar-refractivity contribution in [2.75, 3.05) is 25.5 Å². The molecule has 2 heterocycles. The van der Waals surface area contributed by atoms with Crippen LogP contribution in [0, 0.1) is 12.8 Å². The molecule has 0 spiro atoms. The van der Waals surface area contributed by atoms with Crippen LogP contribution in [0.4, 0.5) is 11.5 Å². The number of hydrogen-bond donors (Lipinski definition) is 1. The Morgan fingerprint density at radius 2 is 2.16 bits per heavy atom. The number of nitrogens with zero attached hydrogens (tertiary/aromatic N) is 3. The number of aryl methyl sites for hydroxylation is 1. The van der Waals surface area contributed by atoms with Crippen LogP contribution >= 0.6 is 0 Å². The molecule has 1 aliphatic rings. The molecule has 1 atom stereocenters. The van der Waals surface area contributed by atoms with Crippen molar-refractivity contribution >= 4 is 17.4 Å². The smallest absolute Gasteiger partial charge is 0.274 e. The minimum atomic E-state index is -0.0428. The molecule has 1 amide bonds. The molecule has 0 aliphatic carbocycles. The number of amides is 1. The summed E-state index contributed by atoms with van der Waals surface area (Å²) in [5.41, 5.74) is 2.32. The standard InChI is InChI=1S/C19H24N4O2/c1-13-6-7-17(25-3)15(9-13)22-18-11-20-16(10-21-18)19(24)23-8-4-5-14(2)12-23/h6-7,9-11,14H,4-5,8,12H2,1-3H3,(H,21,22). The average molecular weight is 340 g/mol. The molecule has 2 aromatic rings. The summed E-state index contributed by atoms with van der Waals surface area (Å²) in [6.07, 6.45) is 5.35. The third kappa shape index (κ3) is 4.07.